The third kappa shape index (κ3) is 9.25. The summed E-state index contributed by atoms with van der Waals surface area (Å²) < 4.78 is 0. The third-order valence-corrected chi connectivity index (χ3v) is 6.24. The van der Waals surface area contributed by atoms with Crippen molar-refractivity contribution in [1.82, 2.24) is 4.90 Å². The predicted molar refractivity (Wildman–Crippen MR) is 117 cm³/mol. The van der Waals surface area contributed by atoms with E-state index in [-0.39, 0.29) is 0 Å². The van der Waals surface area contributed by atoms with Gasteiger partial charge in [0.2, 0.25) is 0 Å². The third-order valence-electron chi connectivity index (χ3n) is 6.24. The molecule has 0 saturated carbocycles. The second kappa shape index (κ2) is 14.2. The SMILES string of the molecule is CCCCCCCCCCCCc1ccc(CCN2CCC[C@H]2CO)cc1. The molecule has 1 aromatic rings. The molecule has 2 nitrogen and oxygen atoms in total. The molecule has 27 heavy (non-hydrogen) atoms. The van der Waals surface area contributed by atoms with E-state index < -0.39 is 0 Å². The van der Waals surface area contributed by atoms with E-state index in [9.17, 15) is 5.11 Å². The Morgan fingerprint density at radius 2 is 1.37 bits per heavy atom. The minimum Gasteiger partial charge on any atom is -0.395 e. The molecule has 0 radical (unpaired) electrons. The highest BCUT2D eigenvalue weighted by Gasteiger charge is 2.22. The average molecular weight is 374 g/mol. The average Bonchev–Trinajstić information content (AvgIpc) is 3.16. The fourth-order valence-electron chi connectivity index (χ4n) is 4.36. The highest BCUT2D eigenvalue weighted by molar-refractivity contribution is 5.23. The zero-order valence-electron chi connectivity index (χ0n) is 17.8. The molecule has 1 fully saturated rings. The van der Waals surface area contributed by atoms with Crippen LogP contribution in [0.2, 0.25) is 0 Å². The van der Waals surface area contributed by atoms with Crippen molar-refractivity contribution in [2.45, 2.75) is 103 Å². The van der Waals surface area contributed by atoms with Gasteiger partial charge in [-0.2, -0.15) is 0 Å². The monoisotopic (exact) mass is 373 g/mol. The maximum Gasteiger partial charge on any atom is 0.0586 e. The number of hydrogen-bond acceptors (Lipinski definition) is 2. The molecule has 1 heterocycles. The molecule has 2 rings (SSSR count). The molecule has 0 amide bonds. The second-order valence-electron chi connectivity index (χ2n) is 8.51. The molecule has 0 aliphatic carbocycles. The van der Waals surface area contributed by atoms with Crippen LogP contribution in [0.4, 0.5) is 0 Å². The number of aryl methyl sites for hydroxylation is 1. The normalized spacial score (nSPS) is 17.6. The van der Waals surface area contributed by atoms with Crippen LogP contribution in [0.5, 0.6) is 0 Å². The van der Waals surface area contributed by atoms with Gasteiger partial charge in [0, 0.05) is 12.6 Å². The first-order valence-electron chi connectivity index (χ1n) is 11.8. The van der Waals surface area contributed by atoms with Crippen molar-refractivity contribution in [2.24, 2.45) is 0 Å². The van der Waals surface area contributed by atoms with Crippen LogP contribution in [0.15, 0.2) is 24.3 Å². The standard InChI is InChI=1S/C25H43NO/c1-2-3-4-5-6-7-8-9-10-11-13-23-15-17-24(18-16-23)19-21-26-20-12-14-25(26)22-27/h15-18,25,27H,2-14,19-22H2,1H3/t25-/m0/s1. The van der Waals surface area contributed by atoms with Crippen LogP contribution in [0.1, 0.15) is 95.1 Å². The number of benzene rings is 1. The van der Waals surface area contributed by atoms with Crippen LogP contribution in [0.25, 0.3) is 0 Å². The van der Waals surface area contributed by atoms with Crippen molar-refractivity contribution in [3.63, 3.8) is 0 Å². The van der Waals surface area contributed by atoms with Crippen LogP contribution in [0, 0.1) is 0 Å². The van der Waals surface area contributed by atoms with Gasteiger partial charge in [0.25, 0.3) is 0 Å². The van der Waals surface area contributed by atoms with Crippen molar-refractivity contribution in [3.8, 4) is 0 Å². The largest absolute Gasteiger partial charge is 0.395 e. The van der Waals surface area contributed by atoms with Crippen molar-refractivity contribution in [2.75, 3.05) is 19.7 Å². The van der Waals surface area contributed by atoms with E-state index in [1.54, 1.807) is 0 Å². The van der Waals surface area contributed by atoms with Gasteiger partial charge in [0.15, 0.2) is 0 Å². The Kier molecular flexibility index (Phi) is 11.8. The second-order valence-corrected chi connectivity index (χ2v) is 8.51. The minimum absolute atomic E-state index is 0.317. The predicted octanol–water partition coefficient (Wildman–Crippen LogP) is 6.15. The van der Waals surface area contributed by atoms with Crippen molar-refractivity contribution in [1.29, 1.82) is 0 Å². The molecule has 0 aromatic heterocycles. The lowest BCUT2D eigenvalue weighted by Gasteiger charge is -2.22. The van der Waals surface area contributed by atoms with E-state index in [0.717, 1.165) is 25.9 Å². The molecule has 0 spiro atoms. The molecule has 154 valence electrons. The van der Waals surface area contributed by atoms with Crippen LogP contribution >= 0.6 is 0 Å². The van der Waals surface area contributed by atoms with Crippen molar-refractivity contribution < 1.29 is 5.11 Å². The Bertz CT molecular complexity index is 470. The summed E-state index contributed by atoms with van der Waals surface area (Å²) >= 11 is 0. The van der Waals surface area contributed by atoms with E-state index in [4.69, 9.17) is 0 Å². The molecule has 1 atom stereocenters. The Labute approximate surface area is 168 Å². The van der Waals surface area contributed by atoms with E-state index >= 15 is 0 Å². The Balaban J connectivity index is 1.50. The highest BCUT2D eigenvalue weighted by atomic mass is 16.3. The Morgan fingerprint density at radius 1 is 0.815 bits per heavy atom. The van der Waals surface area contributed by atoms with E-state index in [1.807, 2.05) is 0 Å². The quantitative estimate of drug-likeness (QED) is 0.373. The number of likely N-dealkylation sites (tertiary alicyclic amines) is 1. The molecular weight excluding hydrogens is 330 g/mol. The van der Waals surface area contributed by atoms with Crippen molar-refractivity contribution in [3.05, 3.63) is 35.4 Å². The summed E-state index contributed by atoms with van der Waals surface area (Å²) in [7, 11) is 0. The number of unbranched alkanes of at least 4 members (excludes halogenated alkanes) is 9. The van der Waals surface area contributed by atoms with Gasteiger partial charge in [-0.15, -0.1) is 0 Å². The van der Waals surface area contributed by atoms with Crippen LogP contribution in [-0.4, -0.2) is 35.7 Å². The van der Waals surface area contributed by atoms with Gasteiger partial charge >= 0.3 is 0 Å². The summed E-state index contributed by atoms with van der Waals surface area (Å²) in [6, 6.07) is 9.69. The summed E-state index contributed by atoms with van der Waals surface area (Å²) in [5, 5.41) is 9.42. The lowest BCUT2D eigenvalue weighted by molar-refractivity contribution is 0.160. The van der Waals surface area contributed by atoms with E-state index in [2.05, 4.69) is 36.1 Å². The first-order chi connectivity index (χ1) is 13.3. The van der Waals surface area contributed by atoms with Gasteiger partial charge in [-0.25, -0.2) is 0 Å². The lowest BCUT2D eigenvalue weighted by atomic mass is 10.0. The minimum atomic E-state index is 0.317. The fourth-order valence-corrected chi connectivity index (χ4v) is 4.36. The first kappa shape index (κ1) is 22.4. The zero-order chi connectivity index (χ0) is 19.2. The lowest BCUT2D eigenvalue weighted by Crippen LogP contribution is -2.33. The molecule has 0 unspecified atom stereocenters. The maximum atomic E-state index is 9.42. The number of nitrogens with zero attached hydrogens (tertiary/aromatic N) is 1. The van der Waals surface area contributed by atoms with E-state index in [0.29, 0.717) is 12.6 Å². The van der Waals surface area contributed by atoms with E-state index in [1.165, 1.54) is 88.2 Å². The van der Waals surface area contributed by atoms with Gasteiger partial charge in [-0.3, -0.25) is 4.90 Å². The Morgan fingerprint density at radius 3 is 1.96 bits per heavy atom. The number of aliphatic hydroxyl groups excluding tert-OH is 1. The van der Waals surface area contributed by atoms with Crippen molar-refractivity contribution >= 4 is 0 Å². The highest BCUT2D eigenvalue weighted by Crippen LogP contribution is 2.18. The van der Waals surface area contributed by atoms with Gasteiger partial charge in [-0.05, 0) is 49.8 Å². The van der Waals surface area contributed by atoms with Gasteiger partial charge in [-0.1, -0.05) is 89.0 Å². The molecule has 1 aromatic carbocycles. The smallest absolute Gasteiger partial charge is 0.0586 e. The molecule has 1 saturated heterocycles. The fraction of sp³-hybridized carbons (Fsp3) is 0.760. The van der Waals surface area contributed by atoms with Crippen LogP contribution in [0.3, 0.4) is 0 Å². The molecular formula is C25H43NO. The summed E-state index contributed by atoms with van der Waals surface area (Å²) in [5.74, 6) is 0. The summed E-state index contributed by atoms with van der Waals surface area (Å²) in [5.41, 5.74) is 2.93. The van der Waals surface area contributed by atoms with Gasteiger partial charge in [0.05, 0.1) is 6.61 Å². The zero-order valence-corrected chi connectivity index (χ0v) is 17.8. The molecule has 0 bridgehead atoms. The summed E-state index contributed by atoms with van der Waals surface area (Å²) in [6.07, 6.45) is 18.8. The van der Waals surface area contributed by atoms with Crippen LogP contribution in [-0.2, 0) is 12.8 Å². The summed E-state index contributed by atoms with van der Waals surface area (Å²) in [6.45, 7) is 4.85. The first-order valence-corrected chi connectivity index (χ1v) is 11.8. The van der Waals surface area contributed by atoms with Gasteiger partial charge in [0.1, 0.15) is 0 Å². The number of rotatable bonds is 15. The molecule has 1 N–H and O–H groups in total. The Hall–Kier alpha value is -0.860. The molecule has 1 aliphatic rings. The van der Waals surface area contributed by atoms with Gasteiger partial charge < -0.3 is 5.11 Å². The maximum absolute atomic E-state index is 9.42. The molecule has 2 heteroatoms. The summed E-state index contributed by atoms with van der Waals surface area (Å²) in [4.78, 5) is 2.46. The topological polar surface area (TPSA) is 23.5 Å². The molecule has 1 aliphatic heterocycles. The number of hydrogen-bond donors (Lipinski definition) is 1. The van der Waals surface area contributed by atoms with Crippen LogP contribution < -0.4 is 0 Å². The number of aliphatic hydroxyl groups is 1.